The van der Waals surface area contributed by atoms with Gasteiger partial charge in [0, 0.05) is 6.07 Å². The Bertz CT molecular complexity index is 355. The van der Waals surface area contributed by atoms with Crippen LogP contribution < -0.4 is 9.64 Å². The van der Waals surface area contributed by atoms with Gasteiger partial charge < -0.3 is 4.74 Å². The van der Waals surface area contributed by atoms with E-state index in [0.29, 0.717) is 6.54 Å². The number of methoxy groups -OCH3 is 1. The van der Waals surface area contributed by atoms with E-state index in [1.165, 1.54) is 4.90 Å². The highest BCUT2D eigenvalue weighted by Gasteiger charge is 2.03. The molecule has 0 aliphatic carbocycles. The highest BCUT2D eigenvalue weighted by molar-refractivity contribution is 5.54. The lowest BCUT2D eigenvalue weighted by molar-refractivity contribution is 0.415. The third-order valence-corrected chi connectivity index (χ3v) is 1.80. The van der Waals surface area contributed by atoms with Gasteiger partial charge in [0.2, 0.25) is 0 Å². The van der Waals surface area contributed by atoms with Crippen LogP contribution in [0.5, 0.6) is 5.75 Å². The lowest BCUT2D eigenvalue weighted by Gasteiger charge is -2.13. The van der Waals surface area contributed by atoms with Crippen LogP contribution in [0.2, 0.25) is 0 Å². The standard InChI is InChI=1S/C11H12N2O/c1-3-7-13(9-12)10-5-4-6-11(8-10)14-2/h3-6,8H,1,7H2,2H3. The molecule has 0 aliphatic heterocycles. The summed E-state index contributed by atoms with van der Waals surface area (Å²) in [6.45, 7) is 4.10. The Labute approximate surface area is 83.8 Å². The normalized spacial score (nSPS) is 8.86. The van der Waals surface area contributed by atoms with Gasteiger partial charge in [-0.3, -0.25) is 4.90 Å². The third-order valence-electron chi connectivity index (χ3n) is 1.80. The molecule has 0 bridgehead atoms. The molecule has 3 heteroatoms. The smallest absolute Gasteiger partial charge is 0.184 e. The van der Waals surface area contributed by atoms with Gasteiger partial charge in [-0.2, -0.15) is 5.26 Å². The van der Waals surface area contributed by atoms with Crippen molar-refractivity contribution in [2.45, 2.75) is 0 Å². The molecule has 1 rings (SSSR count). The van der Waals surface area contributed by atoms with Gasteiger partial charge in [-0.05, 0) is 12.1 Å². The molecule has 3 nitrogen and oxygen atoms in total. The minimum atomic E-state index is 0.504. The summed E-state index contributed by atoms with van der Waals surface area (Å²) in [4.78, 5) is 1.54. The van der Waals surface area contributed by atoms with E-state index in [1.54, 1.807) is 13.2 Å². The zero-order valence-electron chi connectivity index (χ0n) is 8.10. The van der Waals surface area contributed by atoms with Gasteiger partial charge in [-0.25, -0.2) is 0 Å². The van der Waals surface area contributed by atoms with E-state index in [4.69, 9.17) is 10.00 Å². The molecule has 0 unspecified atom stereocenters. The molecule has 1 aromatic carbocycles. The maximum absolute atomic E-state index is 8.86. The average Bonchev–Trinajstić information content (AvgIpc) is 2.26. The van der Waals surface area contributed by atoms with Crippen molar-refractivity contribution in [3.63, 3.8) is 0 Å². The molecule has 0 atom stereocenters. The SMILES string of the molecule is C=CCN(C#N)c1cccc(OC)c1. The van der Waals surface area contributed by atoms with Gasteiger partial charge in [0.05, 0.1) is 19.3 Å². The molecular weight excluding hydrogens is 176 g/mol. The molecule has 0 saturated carbocycles. The van der Waals surface area contributed by atoms with Crippen molar-refractivity contribution in [3.05, 3.63) is 36.9 Å². The van der Waals surface area contributed by atoms with Gasteiger partial charge in [-0.1, -0.05) is 12.1 Å². The van der Waals surface area contributed by atoms with E-state index in [9.17, 15) is 0 Å². The summed E-state index contributed by atoms with van der Waals surface area (Å²) < 4.78 is 5.07. The summed E-state index contributed by atoms with van der Waals surface area (Å²) in [5, 5.41) is 8.86. The van der Waals surface area contributed by atoms with E-state index < -0.39 is 0 Å². The Balaban J connectivity index is 2.93. The van der Waals surface area contributed by atoms with E-state index in [1.807, 2.05) is 24.3 Å². The molecule has 0 aromatic heterocycles. The fraction of sp³-hybridized carbons (Fsp3) is 0.182. The molecule has 0 saturated heterocycles. The quantitative estimate of drug-likeness (QED) is 0.412. The van der Waals surface area contributed by atoms with Crippen LogP contribution in [-0.4, -0.2) is 13.7 Å². The Morgan fingerprint density at radius 3 is 3.00 bits per heavy atom. The van der Waals surface area contributed by atoms with Crippen molar-refractivity contribution in [1.82, 2.24) is 0 Å². The summed E-state index contributed by atoms with van der Waals surface area (Å²) >= 11 is 0. The zero-order valence-corrected chi connectivity index (χ0v) is 8.10. The summed E-state index contributed by atoms with van der Waals surface area (Å²) in [6, 6.07) is 7.36. The molecule has 0 fully saturated rings. The van der Waals surface area contributed by atoms with Gasteiger partial charge in [-0.15, -0.1) is 6.58 Å². The Morgan fingerprint density at radius 1 is 1.64 bits per heavy atom. The number of nitrogens with zero attached hydrogens (tertiary/aromatic N) is 2. The fourth-order valence-electron chi connectivity index (χ4n) is 1.11. The van der Waals surface area contributed by atoms with Crippen molar-refractivity contribution < 1.29 is 4.74 Å². The molecule has 0 amide bonds. The molecule has 0 N–H and O–H groups in total. The topological polar surface area (TPSA) is 36.3 Å². The Kier molecular flexibility index (Phi) is 3.57. The van der Waals surface area contributed by atoms with Crippen LogP contribution in [-0.2, 0) is 0 Å². The fourth-order valence-corrected chi connectivity index (χ4v) is 1.11. The predicted molar refractivity (Wildman–Crippen MR) is 56.2 cm³/mol. The Morgan fingerprint density at radius 2 is 2.43 bits per heavy atom. The minimum absolute atomic E-state index is 0.504. The van der Waals surface area contributed by atoms with Crippen molar-refractivity contribution in [2.24, 2.45) is 0 Å². The average molecular weight is 188 g/mol. The first-order valence-electron chi connectivity index (χ1n) is 4.24. The first-order chi connectivity index (χ1) is 6.81. The second kappa shape index (κ2) is 4.93. The monoisotopic (exact) mass is 188 g/mol. The summed E-state index contributed by atoms with van der Waals surface area (Å²) in [5.74, 6) is 0.742. The number of nitriles is 1. The first-order valence-corrected chi connectivity index (χ1v) is 4.24. The molecule has 0 radical (unpaired) electrons. The first kappa shape index (κ1) is 10.1. The zero-order chi connectivity index (χ0) is 10.4. The maximum Gasteiger partial charge on any atom is 0.184 e. The van der Waals surface area contributed by atoms with Crippen molar-refractivity contribution in [1.29, 1.82) is 5.26 Å². The van der Waals surface area contributed by atoms with Crippen LogP contribution in [0, 0.1) is 11.5 Å². The predicted octanol–water partition coefficient (Wildman–Crippen LogP) is 2.17. The number of hydrogen-bond acceptors (Lipinski definition) is 3. The lowest BCUT2D eigenvalue weighted by atomic mass is 10.3. The third kappa shape index (κ3) is 2.27. The number of anilines is 1. The maximum atomic E-state index is 8.86. The van der Waals surface area contributed by atoms with E-state index in [0.717, 1.165) is 11.4 Å². The summed E-state index contributed by atoms with van der Waals surface area (Å²) in [7, 11) is 1.60. The second-order valence-electron chi connectivity index (χ2n) is 2.70. The highest BCUT2D eigenvalue weighted by atomic mass is 16.5. The van der Waals surface area contributed by atoms with Crippen LogP contribution in [0.25, 0.3) is 0 Å². The van der Waals surface area contributed by atoms with Gasteiger partial charge in [0.25, 0.3) is 0 Å². The molecule has 0 heterocycles. The largest absolute Gasteiger partial charge is 0.497 e. The number of ether oxygens (including phenoxy) is 1. The van der Waals surface area contributed by atoms with Crippen LogP contribution in [0.4, 0.5) is 5.69 Å². The second-order valence-corrected chi connectivity index (χ2v) is 2.70. The van der Waals surface area contributed by atoms with Crippen LogP contribution in [0.3, 0.4) is 0 Å². The Hall–Kier alpha value is -1.95. The van der Waals surface area contributed by atoms with Crippen molar-refractivity contribution in [2.75, 3.05) is 18.6 Å². The van der Waals surface area contributed by atoms with E-state index in [2.05, 4.69) is 12.8 Å². The molecule has 0 spiro atoms. The number of rotatable bonds is 4. The van der Waals surface area contributed by atoms with Crippen LogP contribution in [0.1, 0.15) is 0 Å². The number of hydrogen-bond donors (Lipinski definition) is 0. The van der Waals surface area contributed by atoms with Gasteiger partial charge in [0.15, 0.2) is 6.19 Å². The number of benzene rings is 1. The molecular formula is C11H12N2O. The minimum Gasteiger partial charge on any atom is -0.497 e. The van der Waals surface area contributed by atoms with E-state index >= 15 is 0 Å². The van der Waals surface area contributed by atoms with Crippen LogP contribution in [0.15, 0.2) is 36.9 Å². The van der Waals surface area contributed by atoms with Crippen LogP contribution >= 0.6 is 0 Å². The highest BCUT2D eigenvalue weighted by Crippen LogP contribution is 2.20. The van der Waals surface area contributed by atoms with Gasteiger partial charge >= 0.3 is 0 Å². The summed E-state index contributed by atoms with van der Waals surface area (Å²) in [5.41, 5.74) is 0.812. The molecule has 0 aliphatic rings. The van der Waals surface area contributed by atoms with Crippen molar-refractivity contribution >= 4 is 5.69 Å². The lowest BCUT2D eigenvalue weighted by Crippen LogP contribution is -2.15. The molecule has 14 heavy (non-hydrogen) atoms. The summed E-state index contributed by atoms with van der Waals surface area (Å²) in [6.07, 6.45) is 3.76. The molecule has 72 valence electrons. The van der Waals surface area contributed by atoms with Gasteiger partial charge in [0.1, 0.15) is 5.75 Å². The van der Waals surface area contributed by atoms with Crippen molar-refractivity contribution in [3.8, 4) is 11.9 Å². The van der Waals surface area contributed by atoms with E-state index in [-0.39, 0.29) is 0 Å². The molecule has 1 aromatic rings.